The summed E-state index contributed by atoms with van der Waals surface area (Å²) >= 11 is 0. The number of rotatable bonds is 1. The normalized spacial score (nSPS) is 12.1. The summed E-state index contributed by atoms with van der Waals surface area (Å²) in [6.45, 7) is 0. The van der Waals surface area contributed by atoms with Crippen LogP contribution in [0.4, 0.5) is 0 Å². The van der Waals surface area contributed by atoms with E-state index < -0.39 is 0 Å². The number of hydrogen-bond acceptors (Lipinski definition) is 0. The van der Waals surface area contributed by atoms with Gasteiger partial charge in [0.2, 0.25) is 0 Å². The Hall–Kier alpha value is -2.30. The van der Waals surface area contributed by atoms with Crippen LogP contribution in [-0.4, -0.2) is 0 Å². The molecular formula is C17H12. The summed E-state index contributed by atoms with van der Waals surface area (Å²) in [7, 11) is 0. The summed E-state index contributed by atoms with van der Waals surface area (Å²) in [6, 6.07) is 18.7. The Labute approximate surface area is 101 Å². The summed E-state index contributed by atoms with van der Waals surface area (Å²) < 4.78 is 0. The van der Waals surface area contributed by atoms with Crippen LogP contribution in [0.2, 0.25) is 0 Å². The molecule has 0 aliphatic heterocycles. The van der Waals surface area contributed by atoms with Crippen molar-refractivity contribution in [1.29, 1.82) is 0 Å². The predicted molar refractivity (Wildman–Crippen MR) is 73.3 cm³/mol. The largest absolute Gasteiger partial charge is 0.112 e. The maximum Gasteiger partial charge on any atom is 0.0243 e. The first-order valence-corrected chi connectivity index (χ1v) is 5.73. The van der Waals surface area contributed by atoms with Crippen LogP contribution in [0.1, 0.15) is 16.7 Å². The minimum Gasteiger partial charge on any atom is -0.112 e. The third-order valence-corrected chi connectivity index (χ3v) is 2.87. The maximum atomic E-state index is 3.36. The first-order valence-electron chi connectivity index (χ1n) is 5.73. The zero-order chi connectivity index (χ0) is 11.5. The molecule has 0 amide bonds. The second-order valence-electron chi connectivity index (χ2n) is 4.03. The van der Waals surface area contributed by atoms with Gasteiger partial charge in [0, 0.05) is 5.57 Å². The Balaban J connectivity index is 2.03. The lowest BCUT2D eigenvalue weighted by Gasteiger charge is -1.96. The van der Waals surface area contributed by atoms with Crippen molar-refractivity contribution in [3.8, 4) is 0 Å². The van der Waals surface area contributed by atoms with Gasteiger partial charge in [-0.25, -0.2) is 0 Å². The molecule has 0 spiro atoms. The molecule has 0 atom stereocenters. The van der Waals surface area contributed by atoms with Gasteiger partial charge < -0.3 is 0 Å². The molecule has 0 heterocycles. The third-order valence-electron chi connectivity index (χ3n) is 2.87. The average Bonchev–Trinajstić information content (AvgIpc) is 2.81. The van der Waals surface area contributed by atoms with E-state index in [1.807, 2.05) is 24.3 Å². The number of hydrogen-bond donors (Lipinski definition) is 0. The van der Waals surface area contributed by atoms with Gasteiger partial charge in [0.05, 0.1) is 0 Å². The molecule has 0 aromatic heterocycles. The fourth-order valence-electron chi connectivity index (χ4n) is 1.99. The van der Waals surface area contributed by atoms with Crippen LogP contribution in [0.15, 0.2) is 66.4 Å². The van der Waals surface area contributed by atoms with Crippen molar-refractivity contribution >= 4 is 17.7 Å². The van der Waals surface area contributed by atoms with Gasteiger partial charge >= 0.3 is 0 Å². The molecule has 0 fully saturated rings. The van der Waals surface area contributed by atoms with E-state index in [0.717, 1.165) is 5.57 Å². The lowest BCUT2D eigenvalue weighted by molar-refractivity contribution is 1.62. The van der Waals surface area contributed by atoms with Crippen LogP contribution in [0.25, 0.3) is 17.7 Å². The molecule has 1 aliphatic rings. The quantitative estimate of drug-likeness (QED) is 0.619. The molecule has 3 rings (SSSR count). The van der Waals surface area contributed by atoms with E-state index in [4.69, 9.17) is 0 Å². The summed E-state index contributed by atoms with van der Waals surface area (Å²) in [4.78, 5) is 0. The van der Waals surface area contributed by atoms with E-state index in [0.29, 0.717) is 0 Å². The number of allylic oxidation sites excluding steroid dienone is 2. The maximum absolute atomic E-state index is 3.36. The van der Waals surface area contributed by atoms with Crippen LogP contribution < -0.4 is 0 Å². The van der Waals surface area contributed by atoms with E-state index in [1.165, 1.54) is 16.7 Å². The zero-order valence-electron chi connectivity index (χ0n) is 9.43. The SMILES string of the molecule is C(=Cc1ccccc1)=C1C=Cc2ccccc21. The molecule has 80 valence electrons. The molecular weight excluding hydrogens is 204 g/mol. The summed E-state index contributed by atoms with van der Waals surface area (Å²) in [5.41, 5.74) is 8.23. The molecule has 0 bridgehead atoms. The van der Waals surface area contributed by atoms with Gasteiger partial charge in [0.25, 0.3) is 0 Å². The smallest absolute Gasteiger partial charge is 0.0243 e. The first-order chi connectivity index (χ1) is 8.43. The molecule has 2 aromatic carbocycles. The Kier molecular flexibility index (Phi) is 2.50. The number of fused-ring (bicyclic) bond motifs is 1. The minimum atomic E-state index is 1.16. The standard InChI is InChI=1S/C17H12/c1-2-6-14(7-3-1)10-11-16-13-12-15-8-4-5-9-17(15)16/h1-10,12-13H. The van der Waals surface area contributed by atoms with Gasteiger partial charge in [0.1, 0.15) is 0 Å². The van der Waals surface area contributed by atoms with Crippen LogP contribution in [-0.2, 0) is 0 Å². The fraction of sp³-hybridized carbons (Fsp3) is 0. The van der Waals surface area contributed by atoms with Crippen LogP contribution in [0, 0.1) is 0 Å². The molecule has 0 radical (unpaired) electrons. The molecule has 0 unspecified atom stereocenters. The summed E-state index contributed by atoms with van der Waals surface area (Å²) in [5.74, 6) is 0. The van der Waals surface area contributed by atoms with Crippen LogP contribution in [0.3, 0.4) is 0 Å². The molecule has 0 N–H and O–H groups in total. The zero-order valence-corrected chi connectivity index (χ0v) is 9.43. The molecule has 0 nitrogen and oxygen atoms in total. The Bertz CT molecular complexity index is 624. The van der Waals surface area contributed by atoms with E-state index in [9.17, 15) is 0 Å². The minimum absolute atomic E-state index is 1.16. The second kappa shape index (κ2) is 4.29. The van der Waals surface area contributed by atoms with E-state index in [-0.39, 0.29) is 0 Å². The molecule has 2 aromatic rings. The van der Waals surface area contributed by atoms with Gasteiger partial charge in [-0.2, -0.15) is 0 Å². The van der Waals surface area contributed by atoms with E-state index in [1.54, 1.807) is 0 Å². The fourth-order valence-corrected chi connectivity index (χ4v) is 1.99. The van der Waals surface area contributed by atoms with Gasteiger partial charge in [-0.3, -0.25) is 0 Å². The highest BCUT2D eigenvalue weighted by Gasteiger charge is 2.07. The van der Waals surface area contributed by atoms with Gasteiger partial charge in [0.15, 0.2) is 0 Å². The van der Waals surface area contributed by atoms with Crippen molar-refractivity contribution in [2.24, 2.45) is 0 Å². The monoisotopic (exact) mass is 216 g/mol. The van der Waals surface area contributed by atoms with Crippen molar-refractivity contribution in [1.82, 2.24) is 0 Å². The molecule has 1 aliphatic carbocycles. The topological polar surface area (TPSA) is 0 Å². The molecule has 0 heteroatoms. The third kappa shape index (κ3) is 1.99. The van der Waals surface area contributed by atoms with Gasteiger partial charge in [-0.15, -0.1) is 5.73 Å². The Morgan fingerprint density at radius 3 is 2.41 bits per heavy atom. The average molecular weight is 216 g/mol. The van der Waals surface area contributed by atoms with Crippen molar-refractivity contribution in [2.45, 2.75) is 0 Å². The molecule has 0 saturated heterocycles. The predicted octanol–water partition coefficient (Wildman–Crippen LogP) is 4.41. The molecule has 0 saturated carbocycles. The molecule has 17 heavy (non-hydrogen) atoms. The van der Waals surface area contributed by atoms with Gasteiger partial charge in [-0.05, 0) is 28.8 Å². The van der Waals surface area contributed by atoms with Crippen molar-refractivity contribution in [2.75, 3.05) is 0 Å². The van der Waals surface area contributed by atoms with E-state index in [2.05, 4.69) is 54.3 Å². The highest BCUT2D eigenvalue weighted by Crippen LogP contribution is 2.27. The second-order valence-corrected chi connectivity index (χ2v) is 4.03. The highest BCUT2D eigenvalue weighted by atomic mass is 14.1. The Morgan fingerprint density at radius 1 is 0.765 bits per heavy atom. The Morgan fingerprint density at radius 2 is 1.53 bits per heavy atom. The summed E-state index contributed by atoms with van der Waals surface area (Å²) in [5, 5.41) is 0. The van der Waals surface area contributed by atoms with Crippen molar-refractivity contribution in [3.63, 3.8) is 0 Å². The summed E-state index contributed by atoms with van der Waals surface area (Å²) in [6.07, 6.45) is 6.28. The van der Waals surface area contributed by atoms with Gasteiger partial charge in [-0.1, -0.05) is 60.7 Å². The number of benzene rings is 2. The van der Waals surface area contributed by atoms with Crippen molar-refractivity contribution < 1.29 is 0 Å². The van der Waals surface area contributed by atoms with E-state index >= 15 is 0 Å². The van der Waals surface area contributed by atoms with Crippen LogP contribution >= 0.6 is 0 Å². The highest BCUT2D eigenvalue weighted by molar-refractivity contribution is 5.90. The first kappa shape index (κ1) is 9.89. The lowest BCUT2D eigenvalue weighted by Crippen LogP contribution is -1.77. The van der Waals surface area contributed by atoms with Crippen LogP contribution in [0.5, 0.6) is 0 Å². The lowest BCUT2D eigenvalue weighted by atomic mass is 10.1. The van der Waals surface area contributed by atoms with Crippen molar-refractivity contribution in [3.05, 3.63) is 83.1 Å².